The first-order chi connectivity index (χ1) is 13.5. The summed E-state index contributed by atoms with van der Waals surface area (Å²) in [5.74, 6) is -1.99. The SMILES string of the molecule is Fc1c(-c2cccc(OC(F)(F)F)c2)cncc1-c1cccc(OC(F)(F)F)c1. The van der Waals surface area contributed by atoms with Crippen molar-refractivity contribution in [3.63, 3.8) is 0 Å². The largest absolute Gasteiger partial charge is 0.573 e. The van der Waals surface area contributed by atoms with Gasteiger partial charge in [0.25, 0.3) is 0 Å². The quantitative estimate of drug-likeness (QED) is 0.464. The summed E-state index contributed by atoms with van der Waals surface area (Å²) in [4.78, 5) is 3.84. The maximum atomic E-state index is 15.0. The second-order valence-electron chi connectivity index (χ2n) is 5.70. The average Bonchev–Trinajstić information content (AvgIpc) is 2.59. The molecular weight excluding hydrogens is 407 g/mol. The molecule has 0 fully saturated rings. The minimum Gasteiger partial charge on any atom is -0.406 e. The van der Waals surface area contributed by atoms with Crippen LogP contribution in [0.4, 0.5) is 30.7 Å². The highest BCUT2D eigenvalue weighted by Crippen LogP contribution is 2.34. The molecular formula is C19H10F7NO2. The van der Waals surface area contributed by atoms with Gasteiger partial charge in [-0.05, 0) is 35.4 Å². The number of halogens is 7. The van der Waals surface area contributed by atoms with Crippen LogP contribution in [-0.2, 0) is 0 Å². The number of ether oxygens (including phenoxy) is 2. The highest BCUT2D eigenvalue weighted by Gasteiger charge is 2.32. The molecule has 0 saturated heterocycles. The maximum Gasteiger partial charge on any atom is 0.573 e. The summed E-state index contributed by atoms with van der Waals surface area (Å²) in [6.45, 7) is 0. The van der Waals surface area contributed by atoms with Crippen molar-refractivity contribution in [3.8, 4) is 33.8 Å². The van der Waals surface area contributed by atoms with Gasteiger partial charge in [0, 0.05) is 23.5 Å². The Kier molecular flexibility index (Phi) is 5.36. The van der Waals surface area contributed by atoms with Gasteiger partial charge in [-0.2, -0.15) is 0 Å². The van der Waals surface area contributed by atoms with Crippen molar-refractivity contribution >= 4 is 0 Å². The van der Waals surface area contributed by atoms with Crippen LogP contribution in [0.15, 0.2) is 60.9 Å². The Balaban J connectivity index is 1.99. The van der Waals surface area contributed by atoms with E-state index in [-0.39, 0.29) is 22.3 Å². The van der Waals surface area contributed by atoms with Crippen molar-refractivity contribution in [3.05, 3.63) is 66.7 Å². The Bertz CT molecular complexity index is 938. The number of aromatic nitrogens is 1. The van der Waals surface area contributed by atoms with Gasteiger partial charge in [0.1, 0.15) is 17.3 Å². The van der Waals surface area contributed by atoms with E-state index >= 15 is 4.39 Å². The molecule has 152 valence electrons. The Morgan fingerprint density at radius 2 is 1.07 bits per heavy atom. The van der Waals surface area contributed by atoms with Crippen LogP contribution < -0.4 is 9.47 Å². The lowest BCUT2D eigenvalue weighted by Gasteiger charge is -2.13. The number of nitrogens with zero attached hydrogens (tertiary/aromatic N) is 1. The fraction of sp³-hybridized carbons (Fsp3) is 0.105. The molecule has 0 unspecified atom stereocenters. The third-order valence-corrected chi connectivity index (χ3v) is 3.64. The molecule has 0 aliphatic rings. The van der Waals surface area contributed by atoms with Crippen LogP contribution in [0.5, 0.6) is 11.5 Å². The van der Waals surface area contributed by atoms with Gasteiger partial charge >= 0.3 is 12.7 Å². The topological polar surface area (TPSA) is 31.4 Å². The minimum absolute atomic E-state index is 0.0429. The third kappa shape index (κ3) is 5.37. The van der Waals surface area contributed by atoms with E-state index in [9.17, 15) is 26.3 Å². The molecule has 0 atom stereocenters. The minimum atomic E-state index is -4.92. The van der Waals surface area contributed by atoms with Crippen LogP contribution in [0.2, 0.25) is 0 Å². The van der Waals surface area contributed by atoms with E-state index in [4.69, 9.17) is 0 Å². The maximum absolute atomic E-state index is 15.0. The second kappa shape index (κ2) is 7.61. The number of benzene rings is 2. The predicted octanol–water partition coefficient (Wildman–Crippen LogP) is 6.35. The monoisotopic (exact) mass is 417 g/mol. The molecule has 3 rings (SSSR count). The van der Waals surface area contributed by atoms with Crippen molar-refractivity contribution in [1.29, 1.82) is 0 Å². The zero-order valence-electron chi connectivity index (χ0n) is 14.2. The van der Waals surface area contributed by atoms with E-state index in [1.165, 1.54) is 24.3 Å². The van der Waals surface area contributed by atoms with E-state index in [1.807, 2.05) is 0 Å². The lowest BCUT2D eigenvalue weighted by atomic mass is 10.0. The van der Waals surface area contributed by atoms with Crippen LogP contribution in [0, 0.1) is 5.82 Å². The van der Waals surface area contributed by atoms with Crippen molar-refractivity contribution in [2.75, 3.05) is 0 Å². The van der Waals surface area contributed by atoms with Gasteiger partial charge in [0.15, 0.2) is 0 Å². The normalized spacial score (nSPS) is 12.0. The van der Waals surface area contributed by atoms with Gasteiger partial charge in [-0.15, -0.1) is 26.3 Å². The molecule has 1 aromatic heterocycles. The summed E-state index contributed by atoms with van der Waals surface area (Å²) in [7, 11) is 0. The molecule has 0 aliphatic heterocycles. The zero-order chi connectivity index (χ0) is 21.2. The van der Waals surface area contributed by atoms with Gasteiger partial charge < -0.3 is 9.47 Å². The van der Waals surface area contributed by atoms with Crippen LogP contribution in [0.25, 0.3) is 22.3 Å². The lowest BCUT2D eigenvalue weighted by molar-refractivity contribution is -0.275. The van der Waals surface area contributed by atoms with Gasteiger partial charge in [-0.3, -0.25) is 4.98 Å². The number of rotatable bonds is 4. The van der Waals surface area contributed by atoms with Gasteiger partial charge in [0.2, 0.25) is 0 Å². The number of alkyl halides is 6. The smallest absolute Gasteiger partial charge is 0.406 e. The Morgan fingerprint density at radius 1 is 0.655 bits per heavy atom. The molecule has 10 heteroatoms. The van der Waals surface area contributed by atoms with Gasteiger partial charge in [-0.25, -0.2) is 4.39 Å². The molecule has 0 saturated carbocycles. The number of hydrogen-bond donors (Lipinski definition) is 0. The molecule has 1 heterocycles. The van der Waals surface area contributed by atoms with E-state index in [1.54, 1.807) is 0 Å². The predicted molar refractivity (Wildman–Crippen MR) is 88.4 cm³/mol. The molecule has 0 bridgehead atoms. The average molecular weight is 417 g/mol. The summed E-state index contributed by atoms with van der Waals surface area (Å²) in [5.41, 5.74) is -0.225. The van der Waals surface area contributed by atoms with Crippen molar-refractivity contribution in [2.24, 2.45) is 0 Å². The molecule has 0 N–H and O–H groups in total. The molecule has 29 heavy (non-hydrogen) atoms. The molecule has 2 aromatic carbocycles. The van der Waals surface area contributed by atoms with Crippen LogP contribution in [0.3, 0.4) is 0 Å². The second-order valence-corrected chi connectivity index (χ2v) is 5.70. The molecule has 0 radical (unpaired) electrons. The fourth-order valence-corrected chi connectivity index (χ4v) is 2.57. The molecule has 3 aromatic rings. The van der Waals surface area contributed by atoms with Crippen LogP contribution >= 0.6 is 0 Å². The summed E-state index contributed by atoms with van der Waals surface area (Å²) in [6, 6.07) is 9.20. The summed E-state index contributed by atoms with van der Waals surface area (Å²) in [5, 5.41) is 0. The van der Waals surface area contributed by atoms with E-state index in [0.717, 1.165) is 36.7 Å². The molecule has 3 nitrogen and oxygen atoms in total. The summed E-state index contributed by atoms with van der Waals surface area (Å²) >= 11 is 0. The Hall–Kier alpha value is -3.30. The van der Waals surface area contributed by atoms with Crippen molar-refractivity contribution in [1.82, 2.24) is 4.98 Å². The number of pyridine rings is 1. The van der Waals surface area contributed by atoms with Crippen LogP contribution in [0.1, 0.15) is 0 Å². The first-order valence-corrected chi connectivity index (χ1v) is 7.88. The standard InChI is InChI=1S/C19H10F7NO2/c20-17-15(11-3-1-5-13(7-11)28-18(21,22)23)9-27-10-16(17)12-4-2-6-14(8-12)29-19(24,25)26/h1-10H. The fourth-order valence-electron chi connectivity index (χ4n) is 2.57. The van der Waals surface area contributed by atoms with Crippen molar-refractivity contribution < 1.29 is 40.2 Å². The molecule has 0 amide bonds. The first-order valence-electron chi connectivity index (χ1n) is 7.88. The van der Waals surface area contributed by atoms with Gasteiger partial charge in [-0.1, -0.05) is 24.3 Å². The highest BCUT2D eigenvalue weighted by molar-refractivity contribution is 5.74. The summed E-state index contributed by atoms with van der Waals surface area (Å²) in [6.07, 6.45) is -7.67. The molecule has 0 aliphatic carbocycles. The summed E-state index contributed by atoms with van der Waals surface area (Å²) < 4.78 is 97.0. The zero-order valence-corrected chi connectivity index (χ0v) is 14.2. The van der Waals surface area contributed by atoms with Crippen LogP contribution in [-0.4, -0.2) is 17.7 Å². The Morgan fingerprint density at radius 3 is 1.45 bits per heavy atom. The number of hydrogen-bond acceptors (Lipinski definition) is 3. The first kappa shape index (κ1) is 20.4. The van der Waals surface area contributed by atoms with Gasteiger partial charge in [0.05, 0.1) is 0 Å². The lowest BCUT2D eigenvalue weighted by Crippen LogP contribution is -2.17. The Labute approximate surface area is 159 Å². The third-order valence-electron chi connectivity index (χ3n) is 3.64. The highest BCUT2D eigenvalue weighted by atomic mass is 19.4. The molecule has 0 spiro atoms. The van der Waals surface area contributed by atoms with E-state index in [0.29, 0.717) is 0 Å². The van der Waals surface area contributed by atoms with Crippen molar-refractivity contribution in [2.45, 2.75) is 12.7 Å². The van der Waals surface area contributed by atoms with E-state index < -0.39 is 30.0 Å². The van der Waals surface area contributed by atoms with E-state index in [2.05, 4.69) is 14.5 Å².